The predicted molar refractivity (Wildman–Crippen MR) is 139 cm³/mol. The maximum absolute atomic E-state index is 13.6. The Labute approximate surface area is 213 Å². The van der Waals surface area contributed by atoms with Gasteiger partial charge in [-0.15, -0.1) is 0 Å². The average molecular weight is 520 g/mol. The van der Waals surface area contributed by atoms with Crippen LogP contribution in [0.3, 0.4) is 0 Å². The van der Waals surface area contributed by atoms with Crippen LogP contribution in [0.1, 0.15) is 31.2 Å². The minimum atomic E-state index is -4.66. The van der Waals surface area contributed by atoms with Crippen LogP contribution in [0, 0.1) is 5.92 Å². The monoisotopic (exact) mass is 519 g/mol. The van der Waals surface area contributed by atoms with Crippen molar-refractivity contribution in [3.8, 4) is 0 Å². The number of nitrogens with zero attached hydrogens (tertiary/aromatic N) is 3. The lowest BCUT2D eigenvalue weighted by Crippen LogP contribution is -2.42. The molecule has 2 amide bonds. The van der Waals surface area contributed by atoms with Gasteiger partial charge < -0.3 is 16.0 Å². The van der Waals surface area contributed by atoms with E-state index in [0.29, 0.717) is 0 Å². The Balaban J connectivity index is 1.46. The van der Waals surface area contributed by atoms with Crippen LogP contribution in [0.5, 0.6) is 0 Å². The molecule has 3 N–H and O–H groups in total. The van der Waals surface area contributed by atoms with E-state index in [9.17, 15) is 18.0 Å². The van der Waals surface area contributed by atoms with Gasteiger partial charge >= 0.3 is 12.2 Å². The topological polar surface area (TPSA) is 74.5 Å². The highest BCUT2D eigenvalue weighted by molar-refractivity contribution is 6.34. The van der Waals surface area contributed by atoms with E-state index in [1.54, 1.807) is 0 Å². The van der Waals surface area contributed by atoms with Gasteiger partial charge in [-0.25, -0.2) is 9.78 Å². The number of hydrogen-bond acceptors (Lipinski definition) is 4. The first-order valence-electron chi connectivity index (χ1n) is 11.8. The number of fused-ring (bicyclic) bond motifs is 1. The lowest BCUT2D eigenvalue weighted by atomic mass is 9.85. The summed E-state index contributed by atoms with van der Waals surface area (Å²) in [6.45, 7) is 0.0773. The van der Waals surface area contributed by atoms with Crippen molar-refractivity contribution in [3.63, 3.8) is 0 Å². The van der Waals surface area contributed by atoms with Gasteiger partial charge in [0.15, 0.2) is 0 Å². The summed E-state index contributed by atoms with van der Waals surface area (Å²) in [6.07, 6.45) is -1.63. The molecule has 1 aliphatic rings. The number of hydrogen-bond donors (Lipinski definition) is 2. The van der Waals surface area contributed by atoms with Crippen LogP contribution in [0.25, 0.3) is 10.9 Å². The standard InChI is InChI=1S/C26H29ClF3N5O/c1-34(2)22-14-23(33-21-9-4-3-6-18(21)22)32-17-12-10-16(11-13-17)15-35(25(31)36)24-19(26(28,29)30)7-5-8-20(24)27/h3-9,14,16-17H,10-13,15H2,1-2H3,(H2,31,36)(H,32,33)/t16-,17+. The highest BCUT2D eigenvalue weighted by Crippen LogP contribution is 2.41. The Morgan fingerprint density at radius 1 is 1.11 bits per heavy atom. The summed E-state index contributed by atoms with van der Waals surface area (Å²) in [6, 6.07) is 12.7. The number of anilines is 3. The van der Waals surface area contributed by atoms with Crippen molar-refractivity contribution in [3.05, 3.63) is 59.1 Å². The van der Waals surface area contributed by atoms with Crippen molar-refractivity contribution >= 4 is 45.7 Å². The smallest absolute Gasteiger partial charge is 0.377 e. The largest absolute Gasteiger partial charge is 0.418 e. The number of para-hydroxylation sites is 2. The quantitative estimate of drug-likeness (QED) is 0.388. The number of primary amides is 1. The maximum Gasteiger partial charge on any atom is 0.418 e. The molecule has 192 valence electrons. The van der Waals surface area contributed by atoms with Crippen LogP contribution in [0.15, 0.2) is 48.5 Å². The molecule has 0 bridgehead atoms. The lowest BCUT2D eigenvalue weighted by Gasteiger charge is -2.34. The van der Waals surface area contributed by atoms with Crippen molar-refractivity contribution in [1.82, 2.24) is 4.98 Å². The van der Waals surface area contributed by atoms with E-state index in [0.717, 1.165) is 59.1 Å². The van der Waals surface area contributed by atoms with Crippen molar-refractivity contribution in [1.29, 1.82) is 0 Å². The van der Waals surface area contributed by atoms with Crippen LogP contribution >= 0.6 is 11.6 Å². The first kappa shape index (κ1) is 25.9. The van der Waals surface area contributed by atoms with Gasteiger partial charge in [0.2, 0.25) is 0 Å². The number of alkyl halides is 3. The van der Waals surface area contributed by atoms with E-state index < -0.39 is 17.8 Å². The molecule has 1 fully saturated rings. The van der Waals surface area contributed by atoms with E-state index in [1.165, 1.54) is 12.1 Å². The van der Waals surface area contributed by atoms with Crippen molar-refractivity contribution in [2.24, 2.45) is 11.7 Å². The van der Waals surface area contributed by atoms with Gasteiger partial charge in [0, 0.05) is 43.8 Å². The Morgan fingerprint density at radius 2 is 1.81 bits per heavy atom. The summed E-state index contributed by atoms with van der Waals surface area (Å²) in [5, 5.41) is 4.44. The fourth-order valence-electron chi connectivity index (χ4n) is 4.87. The number of nitrogens with one attached hydrogen (secondary N) is 1. The molecular weight excluding hydrogens is 491 g/mol. The Bertz CT molecular complexity index is 1240. The molecule has 1 aliphatic carbocycles. The van der Waals surface area contributed by atoms with Gasteiger partial charge in [0.05, 0.1) is 21.8 Å². The van der Waals surface area contributed by atoms with Crippen molar-refractivity contribution in [2.75, 3.05) is 35.8 Å². The van der Waals surface area contributed by atoms with E-state index in [4.69, 9.17) is 22.3 Å². The molecular formula is C26H29ClF3N5O. The normalized spacial score (nSPS) is 18.2. The second-order valence-corrected chi connectivity index (χ2v) is 9.79. The number of nitrogens with two attached hydrogens (primary N) is 1. The van der Waals surface area contributed by atoms with Crippen molar-refractivity contribution in [2.45, 2.75) is 37.9 Å². The van der Waals surface area contributed by atoms with Crippen LogP contribution in [0.2, 0.25) is 5.02 Å². The molecule has 3 aromatic rings. The number of halogens is 4. The first-order valence-corrected chi connectivity index (χ1v) is 12.2. The third kappa shape index (κ3) is 5.61. The molecule has 0 radical (unpaired) electrons. The highest BCUT2D eigenvalue weighted by Gasteiger charge is 2.37. The van der Waals surface area contributed by atoms with Gasteiger partial charge in [-0.2, -0.15) is 13.2 Å². The molecule has 1 heterocycles. The lowest BCUT2D eigenvalue weighted by molar-refractivity contribution is -0.137. The summed E-state index contributed by atoms with van der Waals surface area (Å²) in [4.78, 5) is 20.0. The van der Waals surface area contributed by atoms with Gasteiger partial charge in [-0.05, 0) is 49.8 Å². The molecule has 0 unspecified atom stereocenters. The van der Waals surface area contributed by atoms with Crippen LogP contribution in [-0.4, -0.2) is 37.7 Å². The van der Waals surface area contributed by atoms with Crippen LogP contribution in [0.4, 0.5) is 35.2 Å². The molecule has 0 aliphatic heterocycles. The molecule has 4 rings (SSSR count). The fraction of sp³-hybridized carbons (Fsp3) is 0.385. The zero-order valence-corrected chi connectivity index (χ0v) is 20.9. The Kier molecular flexibility index (Phi) is 7.49. The SMILES string of the molecule is CN(C)c1cc(N[C@H]2CC[C@@H](CN(C(N)=O)c3c(Cl)cccc3C(F)(F)F)CC2)nc2ccccc12. The highest BCUT2D eigenvalue weighted by atomic mass is 35.5. The molecule has 1 saturated carbocycles. The number of carbonyl (C=O) groups is 1. The molecule has 0 saturated heterocycles. The van der Waals surface area contributed by atoms with E-state index in [1.807, 2.05) is 44.4 Å². The predicted octanol–water partition coefficient (Wildman–Crippen LogP) is 6.53. The summed E-state index contributed by atoms with van der Waals surface area (Å²) in [5.74, 6) is 0.778. The fourth-order valence-corrected chi connectivity index (χ4v) is 5.14. The second-order valence-electron chi connectivity index (χ2n) is 9.38. The number of urea groups is 1. The number of aromatic nitrogens is 1. The summed E-state index contributed by atoms with van der Waals surface area (Å²) >= 11 is 6.11. The third-order valence-electron chi connectivity index (χ3n) is 6.64. The summed E-state index contributed by atoms with van der Waals surface area (Å²) < 4.78 is 40.8. The number of rotatable bonds is 6. The number of amides is 2. The minimum absolute atomic E-state index is 0.00481. The van der Waals surface area contributed by atoms with Gasteiger partial charge in [-0.1, -0.05) is 35.9 Å². The number of pyridine rings is 1. The first-order chi connectivity index (χ1) is 17.0. The molecule has 2 aromatic carbocycles. The van der Waals surface area contributed by atoms with Crippen LogP contribution < -0.4 is 20.9 Å². The molecule has 0 spiro atoms. The van der Waals surface area contributed by atoms with Crippen molar-refractivity contribution < 1.29 is 18.0 Å². The summed E-state index contributed by atoms with van der Waals surface area (Å²) in [5.41, 5.74) is 6.13. The number of carbonyl (C=O) groups excluding carboxylic acids is 1. The number of benzene rings is 2. The third-order valence-corrected chi connectivity index (χ3v) is 6.95. The zero-order chi connectivity index (χ0) is 26.0. The summed E-state index contributed by atoms with van der Waals surface area (Å²) in [7, 11) is 3.98. The molecule has 10 heteroatoms. The molecule has 0 atom stereocenters. The Hall–Kier alpha value is -3.20. The Morgan fingerprint density at radius 3 is 2.44 bits per heavy atom. The van der Waals surface area contributed by atoms with Gasteiger partial charge in [-0.3, -0.25) is 4.90 Å². The van der Waals surface area contributed by atoms with E-state index in [2.05, 4.69) is 10.2 Å². The second kappa shape index (κ2) is 10.4. The molecule has 36 heavy (non-hydrogen) atoms. The zero-order valence-electron chi connectivity index (χ0n) is 20.1. The molecule has 1 aromatic heterocycles. The maximum atomic E-state index is 13.6. The van der Waals surface area contributed by atoms with Crippen LogP contribution in [-0.2, 0) is 6.18 Å². The average Bonchev–Trinajstić information content (AvgIpc) is 2.82. The minimum Gasteiger partial charge on any atom is -0.377 e. The van der Waals surface area contributed by atoms with E-state index >= 15 is 0 Å². The molecule has 6 nitrogen and oxygen atoms in total. The van der Waals surface area contributed by atoms with E-state index in [-0.39, 0.29) is 29.2 Å². The van der Waals surface area contributed by atoms with Gasteiger partial charge in [0.25, 0.3) is 0 Å². The van der Waals surface area contributed by atoms with Gasteiger partial charge in [0.1, 0.15) is 5.82 Å².